The molecule has 84 valence electrons. The van der Waals surface area contributed by atoms with E-state index in [9.17, 15) is 5.11 Å². The number of rotatable bonds is 4. The van der Waals surface area contributed by atoms with Crippen LogP contribution < -0.4 is 0 Å². The van der Waals surface area contributed by atoms with E-state index in [2.05, 4.69) is 0 Å². The number of nitrogens with zero attached hydrogens (tertiary/aromatic N) is 1. The van der Waals surface area contributed by atoms with E-state index in [1.807, 2.05) is 0 Å². The van der Waals surface area contributed by atoms with Gasteiger partial charge < -0.3 is 25.5 Å². The summed E-state index contributed by atoms with van der Waals surface area (Å²) >= 11 is 0. The molecule has 1 rings (SSSR count). The summed E-state index contributed by atoms with van der Waals surface area (Å²) in [5.41, 5.74) is 0. The van der Waals surface area contributed by atoms with Crippen molar-refractivity contribution in [2.75, 3.05) is 19.8 Å². The Labute approximate surface area is 82.0 Å². The number of likely N-dealkylation sites (tertiary alicyclic amines) is 1. The van der Waals surface area contributed by atoms with E-state index in [1.165, 1.54) is 4.90 Å². The predicted octanol–water partition coefficient (Wildman–Crippen LogP) is -2.91. The molecule has 0 aromatic rings. The molecule has 1 aliphatic rings. The summed E-state index contributed by atoms with van der Waals surface area (Å²) in [5.74, 6) is 0. The standard InChI is InChI=1S/C8H17NO5/c10-3-5-1-7(12)6(4-11)9(5)2-8(13)14/h5-8,10-14H,1-4H2/t5-,6+,7-/m0/s1. The Morgan fingerprint density at radius 3 is 2.29 bits per heavy atom. The van der Waals surface area contributed by atoms with Crippen LogP contribution in [0.5, 0.6) is 0 Å². The second kappa shape index (κ2) is 5.01. The van der Waals surface area contributed by atoms with Gasteiger partial charge in [0.25, 0.3) is 0 Å². The van der Waals surface area contributed by atoms with Crippen LogP contribution in [-0.4, -0.2) is 74.7 Å². The van der Waals surface area contributed by atoms with Crippen molar-refractivity contribution in [3.05, 3.63) is 0 Å². The fourth-order valence-electron chi connectivity index (χ4n) is 1.94. The van der Waals surface area contributed by atoms with Gasteiger partial charge in [-0.05, 0) is 6.42 Å². The zero-order valence-electron chi connectivity index (χ0n) is 7.82. The van der Waals surface area contributed by atoms with Crippen molar-refractivity contribution in [3.63, 3.8) is 0 Å². The fraction of sp³-hybridized carbons (Fsp3) is 1.00. The molecule has 0 aromatic heterocycles. The van der Waals surface area contributed by atoms with Crippen molar-refractivity contribution in [1.82, 2.24) is 4.90 Å². The van der Waals surface area contributed by atoms with Crippen LogP contribution in [0.4, 0.5) is 0 Å². The predicted molar refractivity (Wildman–Crippen MR) is 47.3 cm³/mol. The van der Waals surface area contributed by atoms with Crippen molar-refractivity contribution in [2.45, 2.75) is 30.9 Å². The van der Waals surface area contributed by atoms with Crippen LogP contribution >= 0.6 is 0 Å². The molecule has 1 aliphatic heterocycles. The summed E-state index contributed by atoms with van der Waals surface area (Å²) in [5, 5.41) is 45.1. The molecule has 0 bridgehead atoms. The lowest BCUT2D eigenvalue weighted by atomic mass is 10.1. The molecule has 1 saturated heterocycles. The SMILES string of the molecule is OC[C@@H]1C[C@H](O)[C@@H](CO)N1CC(O)O. The smallest absolute Gasteiger partial charge is 0.164 e. The summed E-state index contributed by atoms with van der Waals surface area (Å²) in [7, 11) is 0. The molecule has 0 saturated carbocycles. The maximum absolute atomic E-state index is 9.50. The van der Waals surface area contributed by atoms with Gasteiger partial charge in [-0.25, -0.2) is 0 Å². The molecule has 0 unspecified atom stereocenters. The molecule has 0 aromatic carbocycles. The molecule has 0 radical (unpaired) electrons. The first-order valence-corrected chi connectivity index (χ1v) is 4.61. The monoisotopic (exact) mass is 207 g/mol. The molecular formula is C8H17NO5. The Balaban J connectivity index is 2.64. The van der Waals surface area contributed by atoms with Gasteiger partial charge in [-0.1, -0.05) is 0 Å². The molecule has 5 N–H and O–H groups in total. The second-order valence-corrected chi connectivity index (χ2v) is 3.57. The van der Waals surface area contributed by atoms with Gasteiger partial charge in [0.2, 0.25) is 0 Å². The van der Waals surface area contributed by atoms with E-state index < -0.39 is 18.4 Å². The summed E-state index contributed by atoms with van der Waals surface area (Å²) in [6.45, 7) is -0.502. The molecule has 14 heavy (non-hydrogen) atoms. The van der Waals surface area contributed by atoms with Gasteiger partial charge in [-0.2, -0.15) is 0 Å². The van der Waals surface area contributed by atoms with Crippen molar-refractivity contribution < 1.29 is 25.5 Å². The summed E-state index contributed by atoms with van der Waals surface area (Å²) in [4.78, 5) is 1.52. The summed E-state index contributed by atoms with van der Waals surface area (Å²) < 4.78 is 0. The third kappa shape index (κ3) is 2.41. The van der Waals surface area contributed by atoms with Gasteiger partial charge in [0, 0.05) is 12.6 Å². The molecule has 6 nitrogen and oxygen atoms in total. The minimum Gasteiger partial charge on any atom is -0.395 e. The topological polar surface area (TPSA) is 104 Å². The van der Waals surface area contributed by atoms with Crippen LogP contribution in [0.15, 0.2) is 0 Å². The first-order valence-electron chi connectivity index (χ1n) is 4.61. The Bertz CT molecular complexity index is 177. The number of hydrogen-bond acceptors (Lipinski definition) is 6. The molecule has 0 spiro atoms. The summed E-state index contributed by atoms with van der Waals surface area (Å²) in [6.07, 6.45) is -1.91. The minimum absolute atomic E-state index is 0.0759. The fourth-order valence-corrected chi connectivity index (χ4v) is 1.94. The van der Waals surface area contributed by atoms with Gasteiger partial charge in [-0.3, -0.25) is 4.90 Å². The Hall–Kier alpha value is -0.240. The van der Waals surface area contributed by atoms with Gasteiger partial charge in [0.1, 0.15) is 0 Å². The molecule has 1 heterocycles. The Kier molecular flexibility index (Phi) is 4.24. The highest BCUT2D eigenvalue weighted by Gasteiger charge is 2.39. The van der Waals surface area contributed by atoms with Crippen LogP contribution in [0.1, 0.15) is 6.42 Å². The average molecular weight is 207 g/mol. The van der Waals surface area contributed by atoms with Crippen molar-refractivity contribution >= 4 is 0 Å². The summed E-state index contributed by atoms with van der Waals surface area (Å²) in [6, 6.07) is -0.835. The lowest BCUT2D eigenvalue weighted by Crippen LogP contribution is -2.46. The number of β-amino-alcohol motifs (C(OH)–C–C–N with tert-alkyl or cyclic N) is 2. The first kappa shape index (κ1) is 11.8. The highest BCUT2D eigenvalue weighted by Crippen LogP contribution is 2.24. The van der Waals surface area contributed by atoms with Gasteiger partial charge in [-0.15, -0.1) is 0 Å². The largest absolute Gasteiger partial charge is 0.395 e. The molecule has 0 aliphatic carbocycles. The first-order chi connectivity index (χ1) is 6.60. The third-order valence-electron chi connectivity index (χ3n) is 2.62. The second-order valence-electron chi connectivity index (χ2n) is 3.57. The zero-order chi connectivity index (χ0) is 10.7. The molecule has 0 amide bonds. The molecule has 1 fully saturated rings. The van der Waals surface area contributed by atoms with Gasteiger partial charge >= 0.3 is 0 Å². The quantitative estimate of drug-likeness (QED) is 0.316. The minimum atomic E-state index is -1.52. The van der Waals surface area contributed by atoms with Gasteiger partial charge in [0.15, 0.2) is 6.29 Å². The van der Waals surface area contributed by atoms with Crippen LogP contribution in [0.3, 0.4) is 0 Å². The molecule has 6 heteroatoms. The van der Waals surface area contributed by atoms with Crippen molar-refractivity contribution in [1.29, 1.82) is 0 Å². The lowest BCUT2D eigenvalue weighted by Gasteiger charge is -2.28. The van der Waals surface area contributed by atoms with E-state index in [4.69, 9.17) is 20.4 Å². The highest BCUT2D eigenvalue weighted by atomic mass is 16.5. The normalized spacial score (nSPS) is 34.3. The Morgan fingerprint density at radius 2 is 1.86 bits per heavy atom. The van der Waals surface area contributed by atoms with Crippen LogP contribution in [0, 0.1) is 0 Å². The third-order valence-corrected chi connectivity index (χ3v) is 2.62. The van der Waals surface area contributed by atoms with E-state index in [0.717, 1.165) is 0 Å². The lowest BCUT2D eigenvalue weighted by molar-refractivity contribution is -0.0790. The molecular weight excluding hydrogens is 190 g/mol. The molecule has 3 atom stereocenters. The van der Waals surface area contributed by atoms with E-state index in [0.29, 0.717) is 6.42 Å². The maximum atomic E-state index is 9.50. The van der Waals surface area contributed by atoms with Gasteiger partial charge in [0.05, 0.1) is 25.4 Å². The number of aliphatic hydroxyl groups is 5. The van der Waals surface area contributed by atoms with E-state index >= 15 is 0 Å². The van der Waals surface area contributed by atoms with Crippen LogP contribution in [-0.2, 0) is 0 Å². The number of hydrogen-bond donors (Lipinski definition) is 5. The average Bonchev–Trinajstić information content (AvgIpc) is 2.41. The zero-order valence-corrected chi connectivity index (χ0v) is 7.82. The van der Waals surface area contributed by atoms with E-state index in [1.54, 1.807) is 0 Å². The van der Waals surface area contributed by atoms with Crippen molar-refractivity contribution in [2.24, 2.45) is 0 Å². The maximum Gasteiger partial charge on any atom is 0.164 e. The Morgan fingerprint density at radius 1 is 1.21 bits per heavy atom. The number of aliphatic hydroxyl groups excluding tert-OH is 4. The van der Waals surface area contributed by atoms with Crippen LogP contribution in [0.25, 0.3) is 0 Å². The van der Waals surface area contributed by atoms with E-state index in [-0.39, 0.29) is 25.8 Å². The van der Waals surface area contributed by atoms with Crippen molar-refractivity contribution in [3.8, 4) is 0 Å². The highest BCUT2D eigenvalue weighted by molar-refractivity contribution is 4.93. The van der Waals surface area contributed by atoms with Crippen LogP contribution in [0.2, 0.25) is 0 Å².